The van der Waals surface area contributed by atoms with Gasteiger partial charge >= 0.3 is 0 Å². The standard InChI is InChI=1S/C18H18N2OS2/c1-11-4-6-14(7-5-11)22-10-16(21)20-18-19-15-9-12(2)8-13(3)17(15)23-18/h4-9H,10H2,1-3H3,(H,19,20,21). The maximum Gasteiger partial charge on any atom is 0.236 e. The van der Waals surface area contributed by atoms with E-state index in [0.717, 1.165) is 15.1 Å². The van der Waals surface area contributed by atoms with Crippen molar-refractivity contribution in [2.24, 2.45) is 0 Å². The molecule has 0 aliphatic carbocycles. The number of aromatic nitrogens is 1. The molecule has 0 fully saturated rings. The zero-order valence-corrected chi connectivity index (χ0v) is 15.0. The lowest BCUT2D eigenvalue weighted by Gasteiger charge is -2.02. The van der Waals surface area contributed by atoms with Crippen LogP contribution in [0.2, 0.25) is 0 Å². The molecule has 0 unspecified atom stereocenters. The number of rotatable bonds is 4. The Bertz CT molecular complexity index is 853. The predicted octanol–water partition coefficient (Wildman–Crippen LogP) is 4.95. The lowest BCUT2D eigenvalue weighted by atomic mass is 10.1. The van der Waals surface area contributed by atoms with Gasteiger partial charge in [-0.15, -0.1) is 11.8 Å². The summed E-state index contributed by atoms with van der Waals surface area (Å²) < 4.78 is 1.14. The van der Waals surface area contributed by atoms with Gasteiger partial charge in [0, 0.05) is 4.90 Å². The van der Waals surface area contributed by atoms with Gasteiger partial charge in [0.15, 0.2) is 5.13 Å². The summed E-state index contributed by atoms with van der Waals surface area (Å²) >= 11 is 3.07. The first-order valence-corrected chi connectivity index (χ1v) is 9.18. The van der Waals surface area contributed by atoms with Crippen molar-refractivity contribution >= 4 is 44.4 Å². The maximum absolute atomic E-state index is 12.1. The number of aryl methyl sites for hydroxylation is 3. The molecule has 1 N–H and O–H groups in total. The van der Waals surface area contributed by atoms with Gasteiger partial charge in [0.1, 0.15) is 0 Å². The summed E-state index contributed by atoms with van der Waals surface area (Å²) in [5.41, 5.74) is 4.56. The molecule has 0 aliphatic rings. The van der Waals surface area contributed by atoms with E-state index in [9.17, 15) is 4.79 Å². The van der Waals surface area contributed by atoms with Crippen LogP contribution >= 0.6 is 23.1 Å². The normalized spacial score (nSPS) is 10.9. The van der Waals surface area contributed by atoms with Crippen molar-refractivity contribution in [1.82, 2.24) is 4.98 Å². The molecule has 0 radical (unpaired) electrons. The zero-order valence-electron chi connectivity index (χ0n) is 13.3. The first-order chi connectivity index (χ1) is 11.0. The van der Waals surface area contributed by atoms with Crippen LogP contribution in [-0.4, -0.2) is 16.6 Å². The molecule has 0 aliphatic heterocycles. The summed E-state index contributed by atoms with van der Waals surface area (Å²) in [4.78, 5) is 17.7. The van der Waals surface area contributed by atoms with Gasteiger partial charge in [0.2, 0.25) is 5.91 Å². The van der Waals surface area contributed by atoms with E-state index in [-0.39, 0.29) is 5.91 Å². The number of thioether (sulfide) groups is 1. The second-order valence-corrected chi connectivity index (χ2v) is 7.65. The van der Waals surface area contributed by atoms with Gasteiger partial charge in [-0.3, -0.25) is 4.79 Å². The van der Waals surface area contributed by atoms with Gasteiger partial charge in [-0.1, -0.05) is 35.1 Å². The van der Waals surface area contributed by atoms with Crippen LogP contribution in [0.1, 0.15) is 16.7 Å². The minimum atomic E-state index is -0.0241. The molecule has 0 saturated heterocycles. The third-order valence-corrected chi connectivity index (χ3v) is 5.59. The van der Waals surface area contributed by atoms with E-state index >= 15 is 0 Å². The SMILES string of the molecule is Cc1ccc(SCC(=O)Nc2nc3cc(C)cc(C)c3s2)cc1. The maximum atomic E-state index is 12.1. The summed E-state index contributed by atoms with van der Waals surface area (Å²) in [6, 6.07) is 12.4. The Morgan fingerprint density at radius 1 is 1.13 bits per heavy atom. The minimum Gasteiger partial charge on any atom is -0.301 e. The molecular weight excluding hydrogens is 324 g/mol. The number of hydrogen-bond acceptors (Lipinski definition) is 4. The summed E-state index contributed by atoms with van der Waals surface area (Å²) in [5, 5.41) is 3.58. The quantitative estimate of drug-likeness (QED) is 0.682. The molecule has 118 valence electrons. The molecule has 23 heavy (non-hydrogen) atoms. The van der Waals surface area contributed by atoms with Crippen molar-refractivity contribution in [2.45, 2.75) is 25.7 Å². The summed E-state index contributed by atoms with van der Waals surface area (Å²) in [5.74, 6) is 0.362. The summed E-state index contributed by atoms with van der Waals surface area (Å²) in [6.07, 6.45) is 0. The fourth-order valence-electron chi connectivity index (χ4n) is 2.37. The van der Waals surface area contributed by atoms with Crippen LogP contribution in [0.25, 0.3) is 10.2 Å². The average molecular weight is 342 g/mol. The summed E-state index contributed by atoms with van der Waals surface area (Å²) in [6.45, 7) is 6.19. The molecule has 3 nitrogen and oxygen atoms in total. The molecule has 3 aromatic rings. The highest BCUT2D eigenvalue weighted by atomic mass is 32.2. The van der Waals surface area contributed by atoms with Crippen LogP contribution in [0.5, 0.6) is 0 Å². The molecule has 0 bridgehead atoms. The van der Waals surface area contributed by atoms with Crippen molar-refractivity contribution in [3.05, 3.63) is 53.1 Å². The highest BCUT2D eigenvalue weighted by Crippen LogP contribution is 2.30. The number of nitrogens with one attached hydrogen (secondary N) is 1. The van der Waals surface area contributed by atoms with E-state index in [1.54, 1.807) is 0 Å². The number of carbonyl (C=O) groups excluding carboxylic acids is 1. The molecular formula is C18H18N2OS2. The minimum absolute atomic E-state index is 0.0241. The van der Waals surface area contributed by atoms with Crippen LogP contribution < -0.4 is 5.32 Å². The number of carbonyl (C=O) groups is 1. The molecule has 1 heterocycles. The first kappa shape index (κ1) is 16.0. The number of fused-ring (bicyclic) bond motifs is 1. The predicted molar refractivity (Wildman–Crippen MR) is 99.6 cm³/mol. The van der Waals surface area contributed by atoms with Crippen molar-refractivity contribution in [2.75, 3.05) is 11.1 Å². The van der Waals surface area contributed by atoms with E-state index in [4.69, 9.17) is 0 Å². The molecule has 0 saturated carbocycles. The van der Waals surface area contributed by atoms with Crippen LogP contribution in [0.15, 0.2) is 41.3 Å². The Labute approximate surface area is 144 Å². The number of hydrogen-bond donors (Lipinski definition) is 1. The number of amides is 1. The van der Waals surface area contributed by atoms with E-state index in [0.29, 0.717) is 10.9 Å². The largest absolute Gasteiger partial charge is 0.301 e. The molecule has 5 heteroatoms. The Morgan fingerprint density at radius 3 is 2.61 bits per heavy atom. The van der Waals surface area contributed by atoms with Crippen molar-refractivity contribution in [3.8, 4) is 0 Å². The summed E-state index contributed by atoms with van der Waals surface area (Å²) in [7, 11) is 0. The Kier molecular flexibility index (Phi) is 4.68. The average Bonchev–Trinajstić information content (AvgIpc) is 2.89. The van der Waals surface area contributed by atoms with Crippen molar-refractivity contribution < 1.29 is 4.79 Å². The van der Waals surface area contributed by atoms with Crippen LogP contribution in [0, 0.1) is 20.8 Å². The molecule has 0 atom stereocenters. The molecule has 1 amide bonds. The number of nitrogens with zero attached hydrogens (tertiary/aromatic N) is 1. The first-order valence-electron chi connectivity index (χ1n) is 7.38. The van der Waals surface area contributed by atoms with Gasteiger partial charge in [-0.2, -0.15) is 0 Å². The Balaban J connectivity index is 1.65. The molecule has 3 rings (SSSR count). The highest BCUT2D eigenvalue weighted by Gasteiger charge is 2.10. The zero-order chi connectivity index (χ0) is 16.4. The van der Waals surface area contributed by atoms with Gasteiger partial charge in [-0.05, 0) is 50.1 Å². The van der Waals surface area contributed by atoms with Crippen LogP contribution in [0.4, 0.5) is 5.13 Å². The Hall–Kier alpha value is -1.85. The molecule has 2 aromatic carbocycles. The third-order valence-electron chi connectivity index (χ3n) is 3.46. The second-order valence-electron chi connectivity index (χ2n) is 5.60. The second kappa shape index (κ2) is 6.72. The number of anilines is 1. The smallest absolute Gasteiger partial charge is 0.236 e. The van der Waals surface area contributed by atoms with Gasteiger partial charge < -0.3 is 5.32 Å². The van der Waals surface area contributed by atoms with Crippen molar-refractivity contribution in [1.29, 1.82) is 0 Å². The van der Waals surface area contributed by atoms with Gasteiger partial charge in [0.05, 0.1) is 16.0 Å². The third kappa shape index (κ3) is 3.92. The fourth-order valence-corrected chi connectivity index (χ4v) is 4.00. The topological polar surface area (TPSA) is 42.0 Å². The highest BCUT2D eigenvalue weighted by molar-refractivity contribution is 8.00. The lowest BCUT2D eigenvalue weighted by molar-refractivity contribution is -0.113. The van der Waals surface area contributed by atoms with Crippen LogP contribution in [-0.2, 0) is 4.79 Å². The van der Waals surface area contributed by atoms with Crippen LogP contribution in [0.3, 0.4) is 0 Å². The van der Waals surface area contributed by atoms with Gasteiger partial charge in [-0.25, -0.2) is 4.98 Å². The fraction of sp³-hybridized carbons (Fsp3) is 0.222. The van der Waals surface area contributed by atoms with E-state index < -0.39 is 0 Å². The van der Waals surface area contributed by atoms with Crippen molar-refractivity contribution in [3.63, 3.8) is 0 Å². The monoisotopic (exact) mass is 342 g/mol. The Morgan fingerprint density at radius 2 is 1.87 bits per heavy atom. The molecule has 0 spiro atoms. The van der Waals surface area contributed by atoms with E-state index in [1.807, 2.05) is 12.1 Å². The molecule has 1 aromatic heterocycles. The van der Waals surface area contributed by atoms with E-state index in [2.05, 4.69) is 55.3 Å². The van der Waals surface area contributed by atoms with Gasteiger partial charge in [0.25, 0.3) is 0 Å². The lowest BCUT2D eigenvalue weighted by Crippen LogP contribution is -2.13. The number of thiazole rings is 1. The van der Waals surface area contributed by atoms with E-state index in [1.165, 1.54) is 39.8 Å². The number of benzene rings is 2.